The number of imide groups is 1. The van der Waals surface area contributed by atoms with Gasteiger partial charge in [-0.2, -0.15) is 0 Å². The van der Waals surface area contributed by atoms with Crippen LogP contribution in [0.15, 0.2) is 64.3 Å². The molecule has 374 valence electrons. The molecule has 1 aromatic heterocycles. The van der Waals surface area contributed by atoms with E-state index in [9.17, 15) is 46.8 Å². The van der Waals surface area contributed by atoms with Gasteiger partial charge in [-0.15, -0.1) is 0 Å². The molecule has 4 atom stereocenters. The van der Waals surface area contributed by atoms with Gasteiger partial charge in [-0.25, -0.2) is 18.0 Å². The van der Waals surface area contributed by atoms with Crippen molar-refractivity contribution in [2.75, 3.05) is 11.2 Å². The summed E-state index contributed by atoms with van der Waals surface area (Å²) in [7, 11) is -1.75. The number of unbranched alkanes of at least 4 members (excludes halogenated alkanes) is 3. The fourth-order valence-corrected chi connectivity index (χ4v) is 10.2. The monoisotopic (exact) mass is 982 g/mol. The SMILES string of the molecule is Cn1c(=O)n(C2CCC(=O)NC2=O)c2ccc(CCCCCCc3cc4c5c(c3)C[C@@H](C(=O)NC(CCC(N)=O)C(=O)NCc3ccc(S(C)(=O)=O)cc3)N5C(=O)[C@@H](NC(=O)OC(C)(C)C)CC4)cc21. The van der Waals surface area contributed by atoms with Crippen LogP contribution in [-0.4, -0.2) is 89.1 Å². The highest BCUT2D eigenvalue weighted by Gasteiger charge is 2.45. The molecule has 0 spiro atoms. The number of nitrogens with zero attached hydrogens (tertiary/aromatic N) is 3. The van der Waals surface area contributed by atoms with Crippen molar-refractivity contribution in [2.24, 2.45) is 12.8 Å². The van der Waals surface area contributed by atoms with Crippen LogP contribution < -0.4 is 37.6 Å². The molecule has 70 heavy (non-hydrogen) atoms. The fourth-order valence-electron chi connectivity index (χ4n) is 9.53. The summed E-state index contributed by atoms with van der Waals surface area (Å²) in [4.78, 5) is 106. The number of rotatable bonds is 18. The van der Waals surface area contributed by atoms with Gasteiger partial charge in [-0.1, -0.05) is 43.2 Å². The number of hydrogen-bond acceptors (Lipinski definition) is 11. The van der Waals surface area contributed by atoms with Gasteiger partial charge in [0.1, 0.15) is 29.8 Å². The Morgan fingerprint density at radius 1 is 0.857 bits per heavy atom. The van der Waals surface area contributed by atoms with E-state index in [2.05, 4.69) is 27.3 Å². The summed E-state index contributed by atoms with van der Waals surface area (Å²) in [5.41, 5.74) is 10.6. The summed E-state index contributed by atoms with van der Waals surface area (Å²) in [5, 5.41) is 10.6. The Kier molecular flexibility index (Phi) is 15.3. The molecular weight excluding hydrogens is 921 g/mol. The standard InChI is InChI=1S/C50H62N8O11S/c1-50(2,3)69-48(65)54-36-18-15-32-24-31(11-9-7-6-8-10-29-14-20-37-39(26-29)56(4)49(66)57(37)38-21-23-42(60)55-45(38)62)25-33-27-40(58(43(32)33)47(36)64)46(63)53-35(19-22-41(51)59)44(61)52-28-30-12-16-34(17-13-30)70(5,67)68/h12-14,16-17,20,24-26,35-36,38,40H,6-11,15,18-19,21-23,27-28H2,1-5H3,(H2,51,59)(H,52,61)(H,53,63)(H,54,65)(H,55,60,62)/t35?,36-,38?,40-/m0/s1. The number of nitrogens with two attached hydrogens (primary N) is 1. The molecule has 3 aliphatic rings. The average Bonchev–Trinajstić information content (AvgIpc) is 3.75. The summed E-state index contributed by atoms with van der Waals surface area (Å²) in [6.07, 6.45) is 6.38. The van der Waals surface area contributed by atoms with Gasteiger partial charge in [0.2, 0.25) is 35.4 Å². The van der Waals surface area contributed by atoms with E-state index in [4.69, 9.17) is 10.5 Å². The zero-order valence-electron chi connectivity index (χ0n) is 40.2. The largest absolute Gasteiger partial charge is 0.444 e. The van der Waals surface area contributed by atoms with E-state index >= 15 is 0 Å². The van der Waals surface area contributed by atoms with Crippen LogP contribution in [0.25, 0.3) is 11.0 Å². The number of primary amides is 1. The molecule has 2 unspecified atom stereocenters. The number of nitrogens with one attached hydrogen (secondary N) is 4. The normalized spacial score (nSPS) is 18.4. The molecule has 3 aromatic carbocycles. The van der Waals surface area contributed by atoms with Gasteiger partial charge >= 0.3 is 11.8 Å². The van der Waals surface area contributed by atoms with Gasteiger partial charge in [-0.3, -0.25) is 48.1 Å². The lowest BCUT2D eigenvalue weighted by Gasteiger charge is -2.29. The van der Waals surface area contributed by atoms with Gasteiger partial charge in [0.15, 0.2) is 9.84 Å². The second-order valence-electron chi connectivity index (χ2n) is 19.5. The van der Waals surface area contributed by atoms with E-state index in [-0.39, 0.29) is 61.6 Å². The molecule has 1 fully saturated rings. The lowest BCUT2D eigenvalue weighted by Crippen LogP contribution is -2.57. The number of amides is 7. The van der Waals surface area contributed by atoms with Crippen molar-refractivity contribution in [1.29, 1.82) is 0 Å². The first-order valence-electron chi connectivity index (χ1n) is 23.7. The van der Waals surface area contributed by atoms with E-state index in [1.54, 1.807) is 40.0 Å². The van der Waals surface area contributed by atoms with Crippen LogP contribution in [0.2, 0.25) is 0 Å². The first kappa shape index (κ1) is 51.0. The Morgan fingerprint density at radius 2 is 1.53 bits per heavy atom. The van der Waals surface area contributed by atoms with E-state index in [1.165, 1.54) is 26.2 Å². The van der Waals surface area contributed by atoms with Crippen molar-refractivity contribution in [2.45, 2.75) is 145 Å². The zero-order chi connectivity index (χ0) is 50.7. The van der Waals surface area contributed by atoms with Gasteiger partial charge in [0, 0.05) is 39.1 Å². The molecule has 4 aromatic rings. The number of piperidine rings is 1. The van der Waals surface area contributed by atoms with Crippen LogP contribution in [0, 0.1) is 0 Å². The molecule has 7 rings (SSSR count). The van der Waals surface area contributed by atoms with Gasteiger partial charge in [-0.05, 0) is 124 Å². The number of hydrogen-bond donors (Lipinski definition) is 5. The number of alkyl carbamates (subject to hydrolysis) is 1. The highest BCUT2D eigenvalue weighted by Crippen LogP contribution is 2.40. The summed E-state index contributed by atoms with van der Waals surface area (Å²) in [6, 6.07) is 11.8. The number of carbonyl (C=O) groups is 7. The molecule has 3 aliphatic heterocycles. The molecule has 6 N–H and O–H groups in total. The molecule has 20 heteroatoms. The van der Waals surface area contributed by atoms with E-state index in [0.717, 1.165) is 72.6 Å². The Morgan fingerprint density at radius 3 is 2.19 bits per heavy atom. The second kappa shape index (κ2) is 21.0. The summed E-state index contributed by atoms with van der Waals surface area (Å²) >= 11 is 0. The fraction of sp³-hybridized carbons (Fsp3) is 0.480. The smallest absolute Gasteiger partial charge is 0.408 e. The number of benzene rings is 3. The molecule has 1 saturated heterocycles. The molecule has 0 bridgehead atoms. The van der Waals surface area contributed by atoms with Crippen molar-refractivity contribution >= 4 is 68.1 Å². The van der Waals surface area contributed by atoms with Crippen LogP contribution in [-0.2, 0) is 82.6 Å². The molecule has 0 saturated carbocycles. The van der Waals surface area contributed by atoms with E-state index < -0.39 is 75.2 Å². The van der Waals surface area contributed by atoms with Crippen molar-refractivity contribution in [1.82, 2.24) is 30.4 Å². The lowest BCUT2D eigenvalue weighted by atomic mass is 9.95. The first-order valence-corrected chi connectivity index (χ1v) is 25.6. The summed E-state index contributed by atoms with van der Waals surface area (Å²) in [6.45, 7) is 5.14. The number of fused-ring (bicyclic) bond motifs is 1. The maximum Gasteiger partial charge on any atom is 0.408 e. The van der Waals surface area contributed by atoms with Crippen molar-refractivity contribution in [3.05, 3.63) is 92.9 Å². The zero-order valence-corrected chi connectivity index (χ0v) is 41.0. The number of anilines is 1. The number of aromatic nitrogens is 2. The number of ether oxygens (including phenoxy) is 1. The molecule has 4 heterocycles. The lowest BCUT2D eigenvalue weighted by molar-refractivity contribution is -0.136. The predicted molar refractivity (Wildman–Crippen MR) is 259 cm³/mol. The predicted octanol–water partition coefficient (Wildman–Crippen LogP) is 3.23. The molecule has 0 radical (unpaired) electrons. The number of carbonyl (C=O) groups excluding carboxylic acids is 7. The minimum atomic E-state index is -3.43. The molecule has 7 amide bonds. The van der Waals surface area contributed by atoms with E-state index in [1.807, 2.05) is 24.3 Å². The Labute approximate surface area is 406 Å². The highest BCUT2D eigenvalue weighted by atomic mass is 32.2. The minimum Gasteiger partial charge on any atom is -0.444 e. The number of aryl methyl sites for hydroxylation is 4. The Hall–Kier alpha value is -6.83. The van der Waals surface area contributed by atoms with Crippen LogP contribution >= 0.6 is 0 Å². The summed E-state index contributed by atoms with van der Waals surface area (Å²) < 4.78 is 32.4. The van der Waals surface area contributed by atoms with Crippen LogP contribution in [0.4, 0.5) is 10.5 Å². The van der Waals surface area contributed by atoms with Crippen molar-refractivity contribution in [3.63, 3.8) is 0 Å². The van der Waals surface area contributed by atoms with Gasteiger partial charge in [0.25, 0.3) is 0 Å². The van der Waals surface area contributed by atoms with Gasteiger partial charge < -0.3 is 26.4 Å². The molecular formula is C50H62N8O11S. The highest BCUT2D eigenvalue weighted by molar-refractivity contribution is 7.90. The number of sulfone groups is 1. The average molecular weight is 983 g/mol. The third kappa shape index (κ3) is 11.9. The maximum atomic E-state index is 14.5. The first-order chi connectivity index (χ1) is 33.1. The van der Waals surface area contributed by atoms with E-state index in [0.29, 0.717) is 23.2 Å². The van der Waals surface area contributed by atoms with Crippen molar-refractivity contribution < 1.29 is 46.7 Å². The van der Waals surface area contributed by atoms with Gasteiger partial charge in [0.05, 0.1) is 21.6 Å². The topological polar surface area (TPSA) is 267 Å². The maximum absolute atomic E-state index is 14.5. The van der Waals surface area contributed by atoms with Crippen LogP contribution in [0.3, 0.4) is 0 Å². The van der Waals surface area contributed by atoms with Crippen LogP contribution in [0.1, 0.15) is 112 Å². The molecule has 0 aliphatic carbocycles. The van der Waals surface area contributed by atoms with Crippen molar-refractivity contribution in [3.8, 4) is 0 Å². The third-order valence-electron chi connectivity index (χ3n) is 13.0. The third-order valence-corrected chi connectivity index (χ3v) is 14.1. The quantitative estimate of drug-likeness (QED) is 0.0714. The molecule has 19 nitrogen and oxygen atoms in total. The number of imidazole rings is 1. The second-order valence-corrected chi connectivity index (χ2v) is 21.6. The summed E-state index contributed by atoms with van der Waals surface area (Å²) in [5.74, 6) is -3.24. The minimum absolute atomic E-state index is 0.000283. The Balaban J connectivity index is 1.02. The Bertz CT molecular complexity index is 2900. The van der Waals surface area contributed by atoms with Crippen LogP contribution in [0.5, 0.6) is 0 Å².